The molecule has 1 unspecified atom stereocenters. The Hall–Kier alpha value is -2.50. The highest BCUT2D eigenvalue weighted by Crippen LogP contribution is 2.47. The van der Waals surface area contributed by atoms with Gasteiger partial charge in [0.25, 0.3) is 5.91 Å². The number of aliphatic hydroxyl groups is 1. The summed E-state index contributed by atoms with van der Waals surface area (Å²) in [5.41, 5.74) is 1.62. The lowest BCUT2D eigenvalue weighted by atomic mass is 10.1. The maximum absolute atomic E-state index is 12.4. The largest absolute Gasteiger partial charge is 0.497 e. The zero-order chi connectivity index (χ0) is 17.4. The van der Waals surface area contributed by atoms with E-state index in [2.05, 4.69) is 5.32 Å². The standard InChI is InChI=1S/C20H17NO3S/c1-24-14-9-6-13(7-10-14)18-17(22)20(23)21-16-11-8-12-4-2-3-5-15(12)19(16)25-18/h2-11,17-18,22H,1H3,(H,21,23)/t17?,18-/m0/s1. The Morgan fingerprint density at radius 1 is 1.04 bits per heavy atom. The van der Waals surface area contributed by atoms with E-state index in [-0.39, 0.29) is 5.91 Å². The smallest absolute Gasteiger partial charge is 0.254 e. The fourth-order valence-corrected chi connectivity index (χ4v) is 4.41. The highest BCUT2D eigenvalue weighted by molar-refractivity contribution is 8.00. The zero-order valence-corrected chi connectivity index (χ0v) is 14.4. The maximum atomic E-state index is 12.4. The van der Waals surface area contributed by atoms with Gasteiger partial charge in [0, 0.05) is 4.90 Å². The Morgan fingerprint density at radius 3 is 2.56 bits per heavy atom. The van der Waals surface area contributed by atoms with Gasteiger partial charge >= 0.3 is 0 Å². The van der Waals surface area contributed by atoms with Crippen LogP contribution in [0.1, 0.15) is 10.8 Å². The minimum absolute atomic E-state index is 0.387. The summed E-state index contributed by atoms with van der Waals surface area (Å²) in [4.78, 5) is 13.4. The molecule has 1 heterocycles. The lowest BCUT2D eigenvalue weighted by molar-refractivity contribution is -0.124. The van der Waals surface area contributed by atoms with E-state index in [1.165, 1.54) is 11.8 Å². The molecule has 0 radical (unpaired) electrons. The monoisotopic (exact) mass is 351 g/mol. The normalized spacial score (nSPS) is 19.8. The van der Waals surface area contributed by atoms with Gasteiger partial charge in [-0.3, -0.25) is 4.79 Å². The van der Waals surface area contributed by atoms with Crippen LogP contribution < -0.4 is 10.1 Å². The highest BCUT2D eigenvalue weighted by atomic mass is 32.2. The second-order valence-electron chi connectivity index (χ2n) is 5.91. The minimum atomic E-state index is -1.13. The average Bonchev–Trinajstić information content (AvgIpc) is 2.79. The van der Waals surface area contributed by atoms with E-state index in [9.17, 15) is 9.90 Å². The maximum Gasteiger partial charge on any atom is 0.254 e. The van der Waals surface area contributed by atoms with Crippen molar-refractivity contribution in [2.75, 3.05) is 12.4 Å². The average molecular weight is 351 g/mol. The van der Waals surface area contributed by atoms with Crippen molar-refractivity contribution >= 4 is 34.1 Å². The number of hydrogen-bond donors (Lipinski definition) is 2. The molecule has 25 heavy (non-hydrogen) atoms. The molecule has 4 rings (SSSR count). The molecule has 2 atom stereocenters. The van der Waals surface area contributed by atoms with Gasteiger partial charge in [0.1, 0.15) is 11.9 Å². The Labute approximate surface area is 149 Å². The molecule has 126 valence electrons. The van der Waals surface area contributed by atoms with Crippen molar-refractivity contribution < 1.29 is 14.6 Å². The predicted octanol–water partition coefficient (Wildman–Crippen LogP) is 3.99. The number of thioether (sulfide) groups is 1. The summed E-state index contributed by atoms with van der Waals surface area (Å²) in [5.74, 6) is 0.356. The molecule has 0 spiro atoms. The first-order valence-electron chi connectivity index (χ1n) is 7.98. The molecule has 0 bridgehead atoms. The van der Waals surface area contributed by atoms with Crippen LogP contribution in [0.5, 0.6) is 5.75 Å². The topological polar surface area (TPSA) is 58.6 Å². The van der Waals surface area contributed by atoms with Crippen LogP contribution in [0.4, 0.5) is 5.69 Å². The molecule has 0 aliphatic carbocycles. The molecule has 1 amide bonds. The van der Waals surface area contributed by atoms with E-state index in [1.54, 1.807) is 7.11 Å². The molecule has 1 aliphatic rings. The van der Waals surface area contributed by atoms with Crippen molar-refractivity contribution in [1.29, 1.82) is 0 Å². The summed E-state index contributed by atoms with van der Waals surface area (Å²) >= 11 is 1.51. The van der Waals surface area contributed by atoms with E-state index < -0.39 is 11.4 Å². The van der Waals surface area contributed by atoms with Crippen molar-refractivity contribution in [3.63, 3.8) is 0 Å². The van der Waals surface area contributed by atoms with Crippen LogP contribution in [0.25, 0.3) is 10.8 Å². The molecular weight excluding hydrogens is 334 g/mol. The van der Waals surface area contributed by atoms with Gasteiger partial charge in [0.2, 0.25) is 0 Å². The third-order valence-electron chi connectivity index (χ3n) is 4.38. The number of ether oxygens (including phenoxy) is 1. The zero-order valence-electron chi connectivity index (χ0n) is 13.6. The fourth-order valence-electron chi connectivity index (χ4n) is 3.05. The van der Waals surface area contributed by atoms with Gasteiger partial charge < -0.3 is 15.2 Å². The number of fused-ring (bicyclic) bond motifs is 3. The predicted molar refractivity (Wildman–Crippen MR) is 100 cm³/mol. The van der Waals surface area contributed by atoms with Gasteiger partial charge in [-0.15, -0.1) is 11.8 Å². The van der Waals surface area contributed by atoms with Crippen molar-refractivity contribution in [2.24, 2.45) is 0 Å². The number of hydrogen-bond acceptors (Lipinski definition) is 4. The Balaban J connectivity index is 1.83. The Bertz CT molecular complexity index is 939. The fraction of sp³-hybridized carbons (Fsp3) is 0.150. The van der Waals surface area contributed by atoms with Crippen LogP contribution in [0.3, 0.4) is 0 Å². The molecule has 3 aromatic carbocycles. The summed E-state index contributed by atoms with van der Waals surface area (Å²) in [6, 6.07) is 19.4. The van der Waals surface area contributed by atoms with E-state index in [0.717, 1.165) is 32.7 Å². The van der Waals surface area contributed by atoms with E-state index in [0.29, 0.717) is 0 Å². The number of aliphatic hydroxyl groups excluding tert-OH is 1. The number of rotatable bonds is 2. The van der Waals surface area contributed by atoms with Gasteiger partial charge in [-0.1, -0.05) is 42.5 Å². The highest BCUT2D eigenvalue weighted by Gasteiger charge is 2.33. The lowest BCUT2D eigenvalue weighted by Gasteiger charge is -2.19. The Morgan fingerprint density at radius 2 is 1.80 bits per heavy atom. The summed E-state index contributed by atoms with van der Waals surface area (Å²) in [5, 5.41) is 15.2. The Kier molecular flexibility index (Phi) is 4.11. The van der Waals surface area contributed by atoms with E-state index in [1.807, 2.05) is 60.7 Å². The van der Waals surface area contributed by atoms with Crippen LogP contribution in [0, 0.1) is 0 Å². The molecule has 4 nitrogen and oxygen atoms in total. The second kappa shape index (κ2) is 6.43. The van der Waals surface area contributed by atoms with Gasteiger partial charge in [0.15, 0.2) is 0 Å². The lowest BCUT2D eigenvalue weighted by Crippen LogP contribution is -2.30. The number of nitrogens with one attached hydrogen (secondary N) is 1. The molecule has 0 saturated carbocycles. The summed E-state index contributed by atoms with van der Waals surface area (Å²) < 4.78 is 5.19. The first kappa shape index (κ1) is 16.0. The summed E-state index contributed by atoms with van der Waals surface area (Å²) in [6.45, 7) is 0. The summed E-state index contributed by atoms with van der Waals surface area (Å²) in [7, 11) is 1.61. The van der Waals surface area contributed by atoms with Crippen LogP contribution in [0.2, 0.25) is 0 Å². The molecule has 2 N–H and O–H groups in total. The molecule has 3 aromatic rings. The number of carbonyl (C=O) groups is 1. The SMILES string of the molecule is COc1ccc([C@@H]2Sc3c(ccc4ccccc34)NC(=O)C2O)cc1. The number of anilines is 1. The molecule has 0 fully saturated rings. The van der Waals surface area contributed by atoms with Gasteiger partial charge in [-0.2, -0.15) is 0 Å². The summed E-state index contributed by atoms with van der Waals surface area (Å²) in [6.07, 6.45) is -1.13. The molecular formula is C20H17NO3S. The van der Waals surface area contributed by atoms with Crippen LogP contribution in [0.15, 0.2) is 65.6 Å². The van der Waals surface area contributed by atoms with Crippen molar-refractivity contribution in [2.45, 2.75) is 16.2 Å². The van der Waals surface area contributed by atoms with E-state index >= 15 is 0 Å². The second-order valence-corrected chi connectivity index (χ2v) is 7.06. The quantitative estimate of drug-likeness (QED) is 0.733. The van der Waals surface area contributed by atoms with Crippen LogP contribution in [-0.2, 0) is 4.79 Å². The third kappa shape index (κ3) is 2.86. The van der Waals surface area contributed by atoms with Crippen LogP contribution >= 0.6 is 11.8 Å². The van der Waals surface area contributed by atoms with Gasteiger partial charge in [-0.05, 0) is 34.5 Å². The molecule has 1 aliphatic heterocycles. The van der Waals surface area contributed by atoms with Crippen molar-refractivity contribution in [1.82, 2.24) is 0 Å². The molecule has 0 aromatic heterocycles. The molecule has 5 heteroatoms. The van der Waals surface area contributed by atoms with E-state index in [4.69, 9.17) is 4.74 Å². The third-order valence-corrected chi connectivity index (χ3v) is 5.84. The van der Waals surface area contributed by atoms with Crippen molar-refractivity contribution in [3.8, 4) is 5.75 Å². The number of amides is 1. The minimum Gasteiger partial charge on any atom is -0.497 e. The first-order valence-corrected chi connectivity index (χ1v) is 8.86. The van der Waals surface area contributed by atoms with Gasteiger partial charge in [-0.25, -0.2) is 0 Å². The van der Waals surface area contributed by atoms with Crippen molar-refractivity contribution in [3.05, 3.63) is 66.2 Å². The molecule has 0 saturated heterocycles. The van der Waals surface area contributed by atoms with Crippen LogP contribution in [-0.4, -0.2) is 24.2 Å². The number of methoxy groups -OCH3 is 1. The van der Waals surface area contributed by atoms with Gasteiger partial charge in [0.05, 0.1) is 18.0 Å². The number of benzene rings is 3. The first-order chi connectivity index (χ1) is 12.2. The number of carbonyl (C=O) groups excluding carboxylic acids is 1.